The summed E-state index contributed by atoms with van der Waals surface area (Å²) < 4.78 is 0. The number of rotatable bonds is 9. The highest BCUT2D eigenvalue weighted by Crippen LogP contribution is 2.13. The molecule has 9 heteroatoms. The van der Waals surface area contributed by atoms with E-state index in [1.807, 2.05) is 13.8 Å². The van der Waals surface area contributed by atoms with Gasteiger partial charge in [0.05, 0.1) is 12.5 Å². The van der Waals surface area contributed by atoms with E-state index in [1.54, 1.807) is 0 Å². The van der Waals surface area contributed by atoms with Crippen molar-refractivity contribution in [3.8, 4) is 0 Å². The first-order chi connectivity index (χ1) is 11.0. The molecule has 4 N–H and O–H groups in total. The van der Waals surface area contributed by atoms with E-state index >= 15 is 0 Å². The molecule has 0 bridgehead atoms. The Balaban J connectivity index is 4.61. The number of halogens is 2. The topological polar surface area (TPSA) is 98.7 Å². The van der Waals surface area contributed by atoms with Crippen LogP contribution in [0, 0.1) is 5.92 Å². The van der Waals surface area contributed by atoms with Crippen molar-refractivity contribution in [1.29, 1.82) is 0 Å². The minimum absolute atomic E-state index is 0.165. The highest BCUT2D eigenvalue weighted by molar-refractivity contribution is 6.43. The minimum Gasteiger partial charge on any atom is -0.426 e. The normalized spacial score (nSPS) is 13.5. The summed E-state index contributed by atoms with van der Waals surface area (Å²) in [6.07, 6.45) is 3.26. The van der Waals surface area contributed by atoms with Crippen molar-refractivity contribution in [2.45, 2.75) is 33.1 Å². The zero-order valence-corrected chi connectivity index (χ0v) is 15.5. The van der Waals surface area contributed by atoms with Gasteiger partial charge in [-0.3, -0.25) is 9.59 Å². The van der Waals surface area contributed by atoms with Crippen LogP contribution < -0.4 is 10.6 Å². The van der Waals surface area contributed by atoms with E-state index in [-0.39, 0.29) is 28.1 Å². The summed E-state index contributed by atoms with van der Waals surface area (Å²) in [6.45, 7) is 8.42. The molecule has 0 saturated heterocycles. The van der Waals surface area contributed by atoms with Crippen LogP contribution in [0.15, 0.2) is 34.4 Å². The maximum Gasteiger partial charge on any atom is 0.475 e. The molecule has 0 rings (SSSR count). The molecule has 0 aliphatic heterocycles. The summed E-state index contributed by atoms with van der Waals surface area (Å²) in [5.74, 6) is -1.69. The third-order valence-corrected chi connectivity index (χ3v) is 3.49. The molecule has 0 spiro atoms. The smallest absolute Gasteiger partial charge is 0.426 e. The molecule has 0 heterocycles. The van der Waals surface area contributed by atoms with Crippen LogP contribution in [0.25, 0.3) is 0 Å². The molecule has 0 saturated carbocycles. The van der Waals surface area contributed by atoms with Gasteiger partial charge in [-0.15, -0.1) is 0 Å². The van der Waals surface area contributed by atoms with Crippen LogP contribution in [0.1, 0.15) is 27.2 Å². The van der Waals surface area contributed by atoms with Gasteiger partial charge < -0.3 is 20.7 Å². The molecular weight excluding hydrogens is 354 g/mol. The van der Waals surface area contributed by atoms with E-state index in [9.17, 15) is 19.6 Å². The Kier molecular flexibility index (Phi) is 10.7. The minimum atomic E-state index is -1.67. The summed E-state index contributed by atoms with van der Waals surface area (Å²) in [5.41, 5.74) is 0.208. The molecule has 0 unspecified atom stereocenters. The first-order valence-corrected chi connectivity index (χ1v) is 8.12. The van der Waals surface area contributed by atoms with Crippen molar-refractivity contribution in [2.24, 2.45) is 5.92 Å². The van der Waals surface area contributed by atoms with Crippen molar-refractivity contribution in [2.75, 3.05) is 6.54 Å². The average molecular weight is 377 g/mol. The Labute approximate surface area is 152 Å². The molecule has 0 fully saturated rings. The predicted octanol–water partition coefficient (Wildman–Crippen LogP) is 1.47. The van der Waals surface area contributed by atoms with E-state index in [4.69, 9.17) is 23.2 Å². The van der Waals surface area contributed by atoms with E-state index in [0.717, 1.165) is 0 Å². The summed E-state index contributed by atoms with van der Waals surface area (Å²) >= 11 is 11.5. The maximum absolute atomic E-state index is 11.9. The number of nitrogens with one attached hydrogen (secondary N) is 2. The largest absolute Gasteiger partial charge is 0.475 e. The molecule has 0 radical (unpaired) electrons. The lowest BCUT2D eigenvalue weighted by Crippen LogP contribution is -2.50. The van der Waals surface area contributed by atoms with Crippen molar-refractivity contribution < 1.29 is 19.6 Å². The van der Waals surface area contributed by atoms with Crippen LogP contribution in [-0.4, -0.2) is 41.5 Å². The zero-order chi connectivity index (χ0) is 18.9. The van der Waals surface area contributed by atoms with Gasteiger partial charge in [-0.25, -0.2) is 0 Å². The molecular formula is C15H23BCl2N2O4. The fourth-order valence-electron chi connectivity index (χ4n) is 1.71. The predicted molar refractivity (Wildman–Crippen MR) is 97.3 cm³/mol. The second-order valence-electron chi connectivity index (χ2n) is 5.65. The molecule has 0 aromatic rings. The van der Waals surface area contributed by atoms with Gasteiger partial charge >= 0.3 is 7.12 Å². The number of carbonyl (C=O) groups is 2. The van der Waals surface area contributed by atoms with Gasteiger partial charge in [0.2, 0.25) is 11.8 Å². The third kappa shape index (κ3) is 9.77. The maximum atomic E-state index is 11.9. The molecule has 6 nitrogen and oxygen atoms in total. The number of hydrogen-bond donors (Lipinski definition) is 4. The Morgan fingerprint density at radius 2 is 1.83 bits per heavy atom. The summed E-state index contributed by atoms with van der Waals surface area (Å²) in [7, 11) is -1.67. The lowest BCUT2D eigenvalue weighted by atomic mass is 9.75. The van der Waals surface area contributed by atoms with E-state index in [2.05, 4.69) is 17.2 Å². The molecule has 0 aliphatic carbocycles. The second-order valence-corrected chi connectivity index (χ2v) is 6.55. The first kappa shape index (κ1) is 22.7. The van der Waals surface area contributed by atoms with Crippen LogP contribution >= 0.6 is 23.2 Å². The Morgan fingerprint density at radius 3 is 2.29 bits per heavy atom. The van der Waals surface area contributed by atoms with Crippen molar-refractivity contribution in [3.05, 3.63) is 34.4 Å². The average Bonchev–Trinajstić information content (AvgIpc) is 2.48. The Bertz CT molecular complexity index is 534. The molecule has 0 aromatic carbocycles. The SMILES string of the molecule is C=C(Cl)/C=C\C(Cl)=C(/C)C(=O)NCC(=O)N[C@@H](CC(C)C)B(O)O. The van der Waals surface area contributed by atoms with E-state index in [0.29, 0.717) is 6.42 Å². The number of amides is 2. The van der Waals surface area contributed by atoms with Crippen molar-refractivity contribution in [1.82, 2.24) is 10.6 Å². The lowest BCUT2D eigenvalue weighted by molar-refractivity contribution is -0.124. The molecule has 0 aliphatic rings. The van der Waals surface area contributed by atoms with Gasteiger partial charge in [0.15, 0.2) is 0 Å². The van der Waals surface area contributed by atoms with Crippen LogP contribution in [0.3, 0.4) is 0 Å². The van der Waals surface area contributed by atoms with Gasteiger partial charge in [-0.05, 0) is 31.4 Å². The van der Waals surface area contributed by atoms with Crippen LogP contribution in [-0.2, 0) is 9.59 Å². The quantitative estimate of drug-likeness (QED) is 0.278. The Morgan fingerprint density at radius 1 is 1.25 bits per heavy atom. The standard InChI is InChI=1S/C15H23BCl2N2O4/c1-9(2)7-13(16(23)24)20-14(21)8-19-15(22)11(4)12(18)6-5-10(3)17/h5-6,9,13,23-24H,3,7-8H2,1-2,4H3,(H,19,22)(H,20,21)/b6-5-,12-11-/t13-/m0/s1. The van der Waals surface area contributed by atoms with Crippen molar-refractivity contribution >= 4 is 42.1 Å². The van der Waals surface area contributed by atoms with Gasteiger partial charge in [0.1, 0.15) is 0 Å². The highest BCUT2D eigenvalue weighted by atomic mass is 35.5. The second kappa shape index (κ2) is 11.3. The van der Waals surface area contributed by atoms with Gasteiger partial charge in [0.25, 0.3) is 0 Å². The van der Waals surface area contributed by atoms with Crippen LogP contribution in [0.5, 0.6) is 0 Å². The highest BCUT2D eigenvalue weighted by Gasteiger charge is 2.26. The van der Waals surface area contributed by atoms with E-state index < -0.39 is 24.9 Å². The van der Waals surface area contributed by atoms with Gasteiger partial charge in [-0.2, -0.15) is 0 Å². The first-order valence-electron chi connectivity index (χ1n) is 7.37. The number of carbonyl (C=O) groups excluding carboxylic acids is 2. The summed E-state index contributed by atoms with van der Waals surface area (Å²) in [6, 6.07) is 0. The van der Waals surface area contributed by atoms with Crippen LogP contribution in [0.4, 0.5) is 0 Å². The zero-order valence-electron chi connectivity index (χ0n) is 14.0. The molecule has 2 amide bonds. The fraction of sp³-hybridized carbons (Fsp3) is 0.467. The summed E-state index contributed by atoms with van der Waals surface area (Å²) in [5, 5.41) is 23.8. The lowest BCUT2D eigenvalue weighted by Gasteiger charge is -2.19. The molecule has 0 aromatic heterocycles. The van der Waals surface area contributed by atoms with Gasteiger partial charge in [-0.1, -0.05) is 43.6 Å². The molecule has 24 heavy (non-hydrogen) atoms. The third-order valence-electron chi connectivity index (χ3n) is 2.95. The van der Waals surface area contributed by atoms with Crippen molar-refractivity contribution in [3.63, 3.8) is 0 Å². The van der Waals surface area contributed by atoms with Gasteiger partial charge in [0, 0.05) is 15.6 Å². The number of allylic oxidation sites excluding steroid dienone is 4. The summed E-state index contributed by atoms with van der Waals surface area (Å²) in [4.78, 5) is 23.7. The van der Waals surface area contributed by atoms with E-state index in [1.165, 1.54) is 19.1 Å². The fourth-order valence-corrected chi connectivity index (χ4v) is 1.92. The monoisotopic (exact) mass is 376 g/mol. The number of hydrogen-bond acceptors (Lipinski definition) is 4. The van der Waals surface area contributed by atoms with Crippen LogP contribution in [0.2, 0.25) is 0 Å². The molecule has 1 atom stereocenters. The Hall–Kier alpha value is -1.28. The molecule has 134 valence electrons.